The SMILES string of the molecule is CCC1Oc2ccc(NC(=O)COc3ccccc3)cc2CN(C(CC)c2ccccc2)C1=O. The third-order valence-corrected chi connectivity index (χ3v) is 5.94. The summed E-state index contributed by atoms with van der Waals surface area (Å²) >= 11 is 0. The third-order valence-electron chi connectivity index (χ3n) is 5.94. The molecule has 2 atom stereocenters. The molecule has 34 heavy (non-hydrogen) atoms. The minimum atomic E-state index is -0.543. The van der Waals surface area contributed by atoms with Crippen LogP contribution in [0.5, 0.6) is 11.5 Å². The molecule has 6 heteroatoms. The van der Waals surface area contributed by atoms with Crippen LogP contribution in [-0.2, 0) is 16.1 Å². The molecule has 2 amide bonds. The number of ether oxygens (including phenoxy) is 2. The molecule has 3 aromatic rings. The maximum Gasteiger partial charge on any atom is 0.264 e. The Kier molecular flexibility index (Phi) is 7.48. The van der Waals surface area contributed by atoms with Gasteiger partial charge in [0.1, 0.15) is 11.5 Å². The summed E-state index contributed by atoms with van der Waals surface area (Å²) in [7, 11) is 0. The Morgan fingerprint density at radius 3 is 2.44 bits per heavy atom. The molecule has 0 spiro atoms. The van der Waals surface area contributed by atoms with Crippen LogP contribution in [0.15, 0.2) is 78.9 Å². The summed E-state index contributed by atoms with van der Waals surface area (Å²) in [5.74, 6) is 1.04. The molecule has 0 saturated heterocycles. The Labute approximate surface area is 200 Å². The molecule has 0 radical (unpaired) electrons. The summed E-state index contributed by atoms with van der Waals surface area (Å²) in [6, 6.07) is 24.7. The van der Waals surface area contributed by atoms with E-state index in [2.05, 4.69) is 24.4 Å². The van der Waals surface area contributed by atoms with E-state index in [1.54, 1.807) is 18.2 Å². The van der Waals surface area contributed by atoms with Crippen LogP contribution >= 0.6 is 0 Å². The summed E-state index contributed by atoms with van der Waals surface area (Å²) in [5, 5.41) is 2.89. The van der Waals surface area contributed by atoms with Crippen molar-refractivity contribution in [1.82, 2.24) is 4.90 Å². The van der Waals surface area contributed by atoms with Crippen molar-refractivity contribution in [3.63, 3.8) is 0 Å². The van der Waals surface area contributed by atoms with Gasteiger partial charge in [-0.3, -0.25) is 9.59 Å². The van der Waals surface area contributed by atoms with Gasteiger partial charge in [0.15, 0.2) is 12.7 Å². The van der Waals surface area contributed by atoms with Crippen LogP contribution < -0.4 is 14.8 Å². The van der Waals surface area contributed by atoms with Gasteiger partial charge in [-0.2, -0.15) is 0 Å². The largest absolute Gasteiger partial charge is 0.484 e. The number of hydrogen-bond donors (Lipinski definition) is 1. The molecule has 0 saturated carbocycles. The first kappa shape index (κ1) is 23.4. The first-order valence-corrected chi connectivity index (χ1v) is 11.7. The second-order valence-corrected chi connectivity index (χ2v) is 8.29. The highest BCUT2D eigenvalue weighted by atomic mass is 16.5. The van der Waals surface area contributed by atoms with Crippen molar-refractivity contribution < 1.29 is 19.1 Å². The van der Waals surface area contributed by atoms with Gasteiger partial charge in [-0.15, -0.1) is 0 Å². The fourth-order valence-corrected chi connectivity index (χ4v) is 4.24. The summed E-state index contributed by atoms with van der Waals surface area (Å²) in [5.41, 5.74) is 2.60. The van der Waals surface area contributed by atoms with Crippen molar-refractivity contribution in [2.24, 2.45) is 0 Å². The lowest BCUT2D eigenvalue weighted by Gasteiger charge is -2.32. The fourth-order valence-electron chi connectivity index (χ4n) is 4.24. The van der Waals surface area contributed by atoms with Crippen LogP contribution in [0.4, 0.5) is 5.69 Å². The Balaban J connectivity index is 1.54. The van der Waals surface area contributed by atoms with Crippen LogP contribution in [0.25, 0.3) is 0 Å². The van der Waals surface area contributed by atoms with E-state index in [0.717, 1.165) is 17.5 Å². The second-order valence-electron chi connectivity index (χ2n) is 8.29. The number of carbonyl (C=O) groups is 2. The van der Waals surface area contributed by atoms with Gasteiger partial charge in [-0.05, 0) is 48.7 Å². The normalized spacial score (nSPS) is 16.1. The van der Waals surface area contributed by atoms with Gasteiger partial charge in [-0.25, -0.2) is 0 Å². The van der Waals surface area contributed by atoms with Crippen molar-refractivity contribution in [3.8, 4) is 11.5 Å². The average molecular weight is 459 g/mol. The number of amides is 2. The molecule has 1 heterocycles. The van der Waals surface area contributed by atoms with E-state index < -0.39 is 6.10 Å². The fraction of sp³-hybridized carbons (Fsp3) is 0.286. The van der Waals surface area contributed by atoms with Gasteiger partial charge >= 0.3 is 0 Å². The summed E-state index contributed by atoms with van der Waals surface area (Å²) < 4.78 is 11.7. The van der Waals surface area contributed by atoms with Crippen LogP contribution in [0.3, 0.4) is 0 Å². The number of para-hydroxylation sites is 1. The molecule has 3 aromatic carbocycles. The van der Waals surface area contributed by atoms with Gasteiger partial charge in [-0.1, -0.05) is 62.4 Å². The molecule has 6 nitrogen and oxygen atoms in total. The predicted octanol–water partition coefficient (Wildman–Crippen LogP) is 5.36. The molecule has 0 fully saturated rings. The molecule has 1 aliphatic heterocycles. The van der Waals surface area contributed by atoms with Crippen molar-refractivity contribution in [3.05, 3.63) is 90.0 Å². The summed E-state index contributed by atoms with van der Waals surface area (Å²) in [6.07, 6.45) is 0.822. The van der Waals surface area contributed by atoms with Crippen molar-refractivity contribution >= 4 is 17.5 Å². The van der Waals surface area contributed by atoms with Gasteiger partial charge in [0, 0.05) is 11.3 Å². The first-order chi connectivity index (χ1) is 16.6. The van der Waals surface area contributed by atoms with E-state index in [1.165, 1.54) is 0 Å². The number of rotatable bonds is 8. The average Bonchev–Trinajstić information content (AvgIpc) is 3.01. The first-order valence-electron chi connectivity index (χ1n) is 11.7. The molecule has 0 bridgehead atoms. The Morgan fingerprint density at radius 1 is 1.06 bits per heavy atom. The lowest BCUT2D eigenvalue weighted by Crippen LogP contribution is -2.41. The zero-order valence-electron chi connectivity index (χ0n) is 19.6. The summed E-state index contributed by atoms with van der Waals surface area (Å²) in [4.78, 5) is 27.8. The smallest absolute Gasteiger partial charge is 0.264 e. The second kappa shape index (κ2) is 10.9. The van der Waals surface area contributed by atoms with E-state index in [0.29, 0.717) is 30.2 Å². The molecular formula is C28H30N2O4. The number of anilines is 1. The van der Waals surface area contributed by atoms with Crippen molar-refractivity contribution in [2.75, 3.05) is 11.9 Å². The zero-order valence-corrected chi connectivity index (χ0v) is 19.6. The zero-order chi connectivity index (χ0) is 23.9. The van der Waals surface area contributed by atoms with Gasteiger partial charge in [0.05, 0.1) is 12.6 Å². The van der Waals surface area contributed by atoms with Gasteiger partial charge in [0.2, 0.25) is 0 Å². The highest BCUT2D eigenvalue weighted by Crippen LogP contribution is 2.34. The lowest BCUT2D eigenvalue weighted by atomic mass is 10.0. The molecule has 1 N–H and O–H groups in total. The third kappa shape index (κ3) is 5.39. The van der Waals surface area contributed by atoms with Crippen molar-refractivity contribution in [1.29, 1.82) is 0 Å². The van der Waals surface area contributed by atoms with E-state index in [4.69, 9.17) is 9.47 Å². The molecule has 1 aliphatic rings. The van der Waals surface area contributed by atoms with E-state index in [1.807, 2.05) is 60.4 Å². The van der Waals surface area contributed by atoms with Crippen LogP contribution in [0.2, 0.25) is 0 Å². The molecule has 0 aliphatic carbocycles. The van der Waals surface area contributed by atoms with E-state index in [9.17, 15) is 9.59 Å². The molecule has 176 valence electrons. The minimum Gasteiger partial charge on any atom is -0.484 e. The van der Waals surface area contributed by atoms with Crippen LogP contribution in [-0.4, -0.2) is 29.4 Å². The monoisotopic (exact) mass is 458 g/mol. The van der Waals surface area contributed by atoms with Crippen molar-refractivity contribution in [2.45, 2.75) is 45.4 Å². The maximum absolute atomic E-state index is 13.4. The number of benzene rings is 3. The number of hydrogen-bond acceptors (Lipinski definition) is 4. The summed E-state index contributed by atoms with van der Waals surface area (Å²) in [6.45, 7) is 4.35. The van der Waals surface area contributed by atoms with E-state index >= 15 is 0 Å². The minimum absolute atomic E-state index is 0.0174. The van der Waals surface area contributed by atoms with Crippen LogP contribution in [0.1, 0.15) is 43.9 Å². The topological polar surface area (TPSA) is 67.9 Å². The van der Waals surface area contributed by atoms with E-state index in [-0.39, 0.29) is 24.5 Å². The highest BCUT2D eigenvalue weighted by molar-refractivity contribution is 5.92. The molecule has 0 aromatic heterocycles. The molecule has 4 rings (SSSR count). The standard InChI is InChI=1S/C28H30N2O4/c1-3-24(20-11-7-5-8-12-20)30-18-21-17-22(15-16-26(21)34-25(4-2)28(30)32)29-27(31)19-33-23-13-9-6-10-14-23/h5-17,24-25H,3-4,18-19H2,1-2H3,(H,29,31). The Morgan fingerprint density at radius 2 is 1.76 bits per heavy atom. The number of nitrogens with zero attached hydrogens (tertiary/aromatic N) is 1. The van der Waals surface area contributed by atoms with Gasteiger partial charge < -0.3 is 19.7 Å². The lowest BCUT2D eigenvalue weighted by molar-refractivity contribution is -0.141. The molecule has 2 unspecified atom stereocenters. The Hall–Kier alpha value is -3.80. The maximum atomic E-state index is 13.4. The highest BCUT2D eigenvalue weighted by Gasteiger charge is 2.34. The Bertz CT molecular complexity index is 1120. The number of nitrogens with one attached hydrogen (secondary N) is 1. The molecular weight excluding hydrogens is 428 g/mol. The number of fused-ring (bicyclic) bond motifs is 1. The predicted molar refractivity (Wildman–Crippen MR) is 132 cm³/mol. The van der Waals surface area contributed by atoms with Gasteiger partial charge in [0.25, 0.3) is 11.8 Å². The quantitative estimate of drug-likeness (QED) is 0.494. The van der Waals surface area contributed by atoms with Crippen LogP contribution in [0, 0.1) is 0 Å². The number of carbonyl (C=O) groups excluding carboxylic acids is 2.